The molecule has 0 amide bonds. The smallest absolute Gasteiger partial charge is 0.123 e. The molecule has 0 aromatic heterocycles. The summed E-state index contributed by atoms with van der Waals surface area (Å²) in [5.41, 5.74) is 2.42. The van der Waals surface area contributed by atoms with Gasteiger partial charge in [-0.1, -0.05) is 36.4 Å². The van der Waals surface area contributed by atoms with Crippen LogP contribution < -0.4 is 0 Å². The molecule has 1 unspecified atom stereocenters. The highest BCUT2D eigenvalue weighted by Crippen LogP contribution is 2.40. The molecule has 0 bridgehead atoms. The van der Waals surface area contributed by atoms with Gasteiger partial charge < -0.3 is 5.11 Å². The van der Waals surface area contributed by atoms with Crippen molar-refractivity contribution in [3.63, 3.8) is 0 Å². The van der Waals surface area contributed by atoms with Gasteiger partial charge in [-0.2, -0.15) is 0 Å². The van der Waals surface area contributed by atoms with Crippen LogP contribution in [0.5, 0.6) is 0 Å². The summed E-state index contributed by atoms with van der Waals surface area (Å²) in [6.45, 7) is 0. The molecule has 0 fully saturated rings. The summed E-state index contributed by atoms with van der Waals surface area (Å²) in [5, 5.41) is 10.8. The Labute approximate surface area is 119 Å². The van der Waals surface area contributed by atoms with Crippen LogP contribution in [-0.4, -0.2) is 5.11 Å². The van der Waals surface area contributed by atoms with E-state index in [1.165, 1.54) is 11.6 Å². The second-order valence-corrected chi connectivity index (χ2v) is 5.67. The molecule has 3 rings (SSSR count). The van der Waals surface area contributed by atoms with Crippen LogP contribution in [0.4, 0.5) is 4.39 Å². The summed E-state index contributed by atoms with van der Waals surface area (Å²) < 4.78 is 13.2. The first-order chi connectivity index (χ1) is 9.67. The lowest BCUT2D eigenvalue weighted by Crippen LogP contribution is -2.22. The Bertz CT molecular complexity index is 594. The first-order valence-electron chi connectivity index (χ1n) is 7.23. The van der Waals surface area contributed by atoms with Gasteiger partial charge in [-0.15, -0.1) is 0 Å². The van der Waals surface area contributed by atoms with Gasteiger partial charge in [0.1, 0.15) is 5.82 Å². The normalized spacial score (nSPS) is 20.9. The Balaban J connectivity index is 1.67. The zero-order chi connectivity index (χ0) is 14.0. The first kappa shape index (κ1) is 13.3. The highest BCUT2D eigenvalue weighted by molar-refractivity contribution is 5.37. The molecule has 0 radical (unpaired) electrons. The molecule has 1 aliphatic carbocycles. The maximum atomic E-state index is 13.2. The summed E-state index contributed by atoms with van der Waals surface area (Å²) in [7, 11) is 0. The topological polar surface area (TPSA) is 20.2 Å². The lowest BCUT2D eigenvalue weighted by Gasteiger charge is -2.24. The molecular formula is C18H19FO. The minimum atomic E-state index is -0.766. The van der Waals surface area contributed by atoms with Crippen molar-refractivity contribution in [1.82, 2.24) is 0 Å². The van der Waals surface area contributed by atoms with Crippen molar-refractivity contribution >= 4 is 0 Å². The summed E-state index contributed by atoms with van der Waals surface area (Å²) in [6, 6.07) is 15.1. The second-order valence-electron chi connectivity index (χ2n) is 5.67. The van der Waals surface area contributed by atoms with Crippen molar-refractivity contribution in [2.24, 2.45) is 0 Å². The van der Waals surface area contributed by atoms with Gasteiger partial charge in [-0.05, 0) is 60.9 Å². The summed E-state index contributed by atoms with van der Waals surface area (Å²) in [5.74, 6) is -0.211. The average molecular weight is 270 g/mol. The summed E-state index contributed by atoms with van der Waals surface area (Å²) >= 11 is 0. The van der Waals surface area contributed by atoms with E-state index in [4.69, 9.17) is 0 Å². The van der Waals surface area contributed by atoms with Crippen molar-refractivity contribution in [1.29, 1.82) is 0 Å². The molecule has 1 atom stereocenters. The maximum absolute atomic E-state index is 13.2. The van der Waals surface area contributed by atoms with Gasteiger partial charge in [0.25, 0.3) is 0 Å². The number of aliphatic hydroxyl groups is 1. The number of hydrogen-bond acceptors (Lipinski definition) is 1. The number of halogens is 1. The van der Waals surface area contributed by atoms with E-state index >= 15 is 0 Å². The van der Waals surface area contributed by atoms with Crippen LogP contribution in [-0.2, 0) is 18.4 Å². The Morgan fingerprint density at radius 1 is 1.10 bits per heavy atom. The highest BCUT2D eigenvalue weighted by Gasteiger charge is 2.36. The maximum Gasteiger partial charge on any atom is 0.123 e. The number of rotatable bonds is 4. The second kappa shape index (κ2) is 5.37. The van der Waals surface area contributed by atoms with Gasteiger partial charge in [0.2, 0.25) is 0 Å². The molecule has 20 heavy (non-hydrogen) atoms. The molecule has 1 aliphatic rings. The molecule has 0 heterocycles. The summed E-state index contributed by atoms with van der Waals surface area (Å²) in [6.07, 6.45) is 4.13. The Morgan fingerprint density at radius 2 is 1.90 bits per heavy atom. The minimum Gasteiger partial charge on any atom is -0.385 e. The van der Waals surface area contributed by atoms with Crippen LogP contribution in [0.15, 0.2) is 48.5 Å². The Morgan fingerprint density at radius 3 is 2.70 bits per heavy atom. The van der Waals surface area contributed by atoms with Crippen molar-refractivity contribution in [3.05, 3.63) is 71.0 Å². The van der Waals surface area contributed by atoms with Gasteiger partial charge in [-0.3, -0.25) is 0 Å². The Kier molecular flexibility index (Phi) is 3.58. The van der Waals surface area contributed by atoms with Gasteiger partial charge in [0, 0.05) is 0 Å². The lowest BCUT2D eigenvalue weighted by atomic mass is 9.89. The zero-order valence-electron chi connectivity index (χ0n) is 11.5. The average Bonchev–Trinajstić information content (AvgIpc) is 2.77. The van der Waals surface area contributed by atoms with Gasteiger partial charge in [-0.25, -0.2) is 4.39 Å². The van der Waals surface area contributed by atoms with Gasteiger partial charge in [0.15, 0.2) is 0 Å². The van der Waals surface area contributed by atoms with E-state index in [-0.39, 0.29) is 5.82 Å². The van der Waals surface area contributed by atoms with E-state index in [1.54, 1.807) is 12.1 Å². The zero-order valence-corrected chi connectivity index (χ0v) is 11.5. The number of hydrogen-bond donors (Lipinski definition) is 1. The Hall–Kier alpha value is -1.67. The SMILES string of the molecule is OC1(CCCc2ccccc2)CCc2cc(F)ccc21. The van der Waals surface area contributed by atoms with E-state index < -0.39 is 5.60 Å². The third-order valence-electron chi connectivity index (χ3n) is 4.28. The molecule has 0 spiro atoms. The van der Waals surface area contributed by atoms with E-state index in [0.717, 1.165) is 36.8 Å². The fraction of sp³-hybridized carbons (Fsp3) is 0.333. The van der Waals surface area contributed by atoms with Crippen LogP contribution in [0.25, 0.3) is 0 Å². The highest BCUT2D eigenvalue weighted by atomic mass is 19.1. The van der Waals surface area contributed by atoms with E-state index in [2.05, 4.69) is 12.1 Å². The van der Waals surface area contributed by atoms with E-state index in [9.17, 15) is 9.50 Å². The number of aryl methyl sites for hydroxylation is 2. The summed E-state index contributed by atoms with van der Waals surface area (Å²) in [4.78, 5) is 0. The van der Waals surface area contributed by atoms with Crippen molar-refractivity contribution in [2.75, 3.05) is 0 Å². The van der Waals surface area contributed by atoms with E-state index in [0.29, 0.717) is 6.42 Å². The van der Waals surface area contributed by atoms with Gasteiger partial charge >= 0.3 is 0 Å². The fourth-order valence-corrected chi connectivity index (χ4v) is 3.19. The molecule has 1 N–H and O–H groups in total. The third-order valence-corrected chi connectivity index (χ3v) is 4.28. The number of fused-ring (bicyclic) bond motifs is 1. The van der Waals surface area contributed by atoms with Crippen molar-refractivity contribution in [2.45, 2.75) is 37.7 Å². The van der Waals surface area contributed by atoms with Crippen LogP contribution >= 0.6 is 0 Å². The molecular weight excluding hydrogens is 251 g/mol. The first-order valence-corrected chi connectivity index (χ1v) is 7.23. The predicted octanol–water partition coefficient (Wildman–Crippen LogP) is 3.98. The monoisotopic (exact) mass is 270 g/mol. The molecule has 2 heteroatoms. The largest absolute Gasteiger partial charge is 0.385 e. The minimum absolute atomic E-state index is 0.211. The molecule has 104 valence electrons. The molecule has 1 nitrogen and oxygen atoms in total. The van der Waals surface area contributed by atoms with Crippen LogP contribution in [0, 0.1) is 5.82 Å². The van der Waals surface area contributed by atoms with Gasteiger partial charge in [0.05, 0.1) is 5.60 Å². The van der Waals surface area contributed by atoms with Crippen molar-refractivity contribution < 1.29 is 9.50 Å². The molecule has 2 aromatic carbocycles. The standard InChI is InChI=1S/C18H19FO/c19-16-8-9-17-15(13-16)10-12-18(17,20)11-4-7-14-5-2-1-3-6-14/h1-3,5-6,8-9,13,20H,4,7,10-12H2. The lowest BCUT2D eigenvalue weighted by molar-refractivity contribution is 0.0275. The molecule has 2 aromatic rings. The quantitative estimate of drug-likeness (QED) is 0.891. The van der Waals surface area contributed by atoms with Crippen LogP contribution in [0.3, 0.4) is 0 Å². The van der Waals surface area contributed by atoms with Crippen LogP contribution in [0.2, 0.25) is 0 Å². The van der Waals surface area contributed by atoms with Crippen LogP contribution in [0.1, 0.15) is 36.0 Å². The van der Waals surface area contributed by atoms with Crippen molar-refractivity contribution in [3.8, 4) is 0 Å². The number of benzene rings is 2. The molecule has 0 aliphatic heterocycles. The molecule has 0 saturated carbocycles. The fourth-order valence-electron chi connectivity index (χ4n) is 3.19. The van der Waals surface area contributed by atoms with E-state index in [1.807, 2.05) is 18.2 Å². The third kappa shape index (κ3) is 2.61. The molecule has 0 saturated heterocycles. The predicted molar refractivity (Wildman–Crippen MR) is 78.0 cm³/mol.